The molecule has 35 heavy (non-hydrogen) atoms. The summed E-state index contributed by atoms with van der Waals surface area (Å²) < 4.78 is 13.5. The van der Waals surface area contributed by atoms with E-state index in [1.807, 2.05) is 68.6 Å². The van der Waals surface area contributed by atoms with Crippen LogP contribution >= 0.6 is 11.3 Å². The first-order valence-electron chi connectivity index (χ1n) is 11.8. The fourth-order valence-electron chi connectivity index (χ4n) is 4.93. The van der Waals surface area contributed by atoms with Gasteiger partial charge in [0.25, 0.3) is 0 Å². The highest BCUT2D eigenvalue weighted by molar-refractivity contribution is 7.21. The molecule has 0 radical (unpaired) electrons. The highest BCUT2D eigenvalue weighted by Crippen LogP contribution is 2.43. The topological polar surface area (TPSA) is 101 Å². The minimum absolute atomic E-state index is 0.00562. The van der Waals surface area contributed by atoms with Crippen LogP contribution in [0.2, 0.25) is 0 Å². The van der Waals surface area contributed by atoms with E-state index in [-0.39, 0.29) is 30.8 Å². The smallest absolute Gasteiger partial charge is 0.229 e. The summed E-state index contributed by atoms with van der Waals surface area (Å²) in [5, 5.41) is 17.7. The molecule has 180 valence electrons. The van der Waals surface area contributed by atoms with E-state index >= 15 is 0 Å². The van der Waals surface area contributed by atoms with Crippen molar-refractivity contribution in [1.29, 1.82) is 0 Å². The molecule has 1 saturated carbocycles. The Labute approximate surface area is 207 Å². The van der Waals surface area contributed by atoms with Gasteiger partial charge in [0, 0.05) is 24.4 Å². The first-order chi connectivity index (χ1) is 17.0. The Kier molecular flexibility index (Phi) is 5.64. The number of thiazole rings is 1. The number of aromatic nitrogens is 3. The van der Waals surface area contributed by atoms with Gasteiger partial charge in [-0.2, -0.15) is 4.98 Å². The number of aliphatic hydroxyl groups is 1. The minimum atomic E-state index is -0.690. The van der Waals surface area contributed by atoms with Crippen LogP contribution in [0, 0.1) is 5.92 Å². The summed E-state index contributed by atoms with van der Waals surface area (Å²) in [4.78, 5) is 14.3. The molecule has 2 fully saturated rings. The maximum absolute atomic E-state index is 9.98. The van der Waals surface area contributed by atoms with Crippen molar-refractivity contribution in [2.75, 3.05) is 17.2 Å². The molecule has 4 aromatic rings. The minimum Gasteiger partial charge on any atom is -0.396 e. The Morgan fingerprint density at radius 2 is 1.80 bits per heavy atom. The molecule has 3 N–H and O–H groups in total. The van der Waals surface area contributed by atoms with Gasteiger partial charge in [0.1, 0.15) is 16.9 Å². The van der Waals surface area contributed by atoms with Gasteiger partial charge in [0.2, 0.25) is 5.95 Å². The third-order valence-corrected chi connectivity index (χ3v) is 7.55. The highest BCUT2D eigenvalue weighted by Gasteiger charge is 2.54. The van der Waals surface area contributed by atoms with Gasteiger partial charge in [-0.05, 0) is 44.5 Å². The molecule has 4 atom stereocenters. The SMILES string of the molecule is CC1(C)OC2C(CO)CC(Nc3nc(Nc4ccccc4)ncc3-c3nc4ccccc4s3)C2O1. The van der Waals surface area contributed by atoms with Crippen molar-refractivity contribution < 1.29 is 14.6 Å². The van der Waals surface area contributed by atoms with E-state index in [1.54, 1.807) is 11.3 Å². The number of ether oxygens (including phenoxy) is 2. The van der Waals surface area contributed by atoms with Crippen LogP contribution in [0.15, 0.2) is 60.8 Å². The summed E-state index contributed by atoms with van der Waals surface area (Å²) >= 11 is 1.61. The molecule has 0 bridgehead atoms. The van der Waals surface area contributed by atoms with Crippen molar-refractivity contribution in [3.8, 4) is 10.6 Å². The lowest BCUT2D eigenvalue weighted by molar-refractivity contribution is -0.158. The van der Waals surface area contributed by atoms with Gasteiger partial charge in [-0.1, -0.05) is 30.3 Å². The Morgan fingerprint density at radius 1 is 1.03 bits per heavy atom. The molecular weight excluding hydrogens is 462 g/mol. The summed E-state index contributed by atoms with van der Waals surface area (Å²) in [6.07, 6.45) is 2.17. The van der Waals surface area contributed by atoms with E-state index in [9.17, 15) is 5.11 Å². The van der Waals surface area contributed by atoms with E-state index in [0.717, 1.165) is 26.5 Å². The van der Waals surface area contributed by atoms with Crippen molar-refractivity contribution in [2.45, 2.75) is 44.3 Å². The molecule has 6 rings (SSSR count). The van der Waals surface area contributed by atoms with Gasteiger partial charge in [-0.3, -0.25) is 0 Å². The number of nitrogens with zero attached hydrogens (tertiary/aromatic N) is 3. The van der Waals surface area contributed by atoms with Crippen molar-refractivity contribution in [1.82, 2.24) is 15.0 Å². The third-order valence-electron chi connectivity index (χ3n) is 6.48. The number of benzene rings is 2. The molecule has 1 aliphatic carbocycles. The maximum atomic E-state index is 9.98. The lowest BCUT2D eigenvalue weighted by Gasteiger charge is -2.24. The monoisotopic (exact) mass is 489 g/mol. The van der Waals surface area contributed by atoms with Crippen LogP contribution in [0.5, 0.6) is 0 Å². The van der Waals surface area contributed by atoms with Gasteiger partial charge in [0.15, 0.2) is 5.79 Å². The van der Waals surface area contributed by atoms with E-state index in [1.165, 1.54) is 0 Å². The molecule has 4 unspecified atom stereocenters. The Hall–Kier alpha value is -3.11. The molecule has 2 aliphatic rings. The second-order valence-corrected chi connectivity index (χ2v) is 10.5. The van der Waals surface area contributed by atoms with Crippen LogP contribution in [0.25, 0.3) is 20.8 Å². The zero-order chi connectivity index (χ0) is 24.0. The summed E-state index contributed by atoms with van der Waals surface area (Å²) in [6, 6.07) is 17.8. The number of para-hydroxylation sites is 2. The summed E-state index contributed by atoms with van der Waals surface area (Å²) in [7, 11) is 0. The summed E-state index contributed by atoms with van der Waals surface area (Å²) in [5.74, 6) is 0.466. The fraction of sp³-hybridized carbons (Fsp3) is 0.346. The molecule has 0 amide bonds. The van der Waals surface area contributed by atoms with Crippen molar-refractivity contribution in [2.24, 2.45) is 5.92 Å². The van der Waals surface area contributed by atoms with E-state index in [0.29, 0.717) is 18.2 Å². The lowest BCUT2D eigenvalue weighted by Crippen LogP contribution is -2.34. The van der Waals surface area contributed by atoms with Crippen LogP contribution in [-0.2, 0) is 9.47 Å². The number of hydrogen-bond acceptors (Lipinski definition) is 9. The number of rotatable bonds is 6. The Bertz CT molecular complexity index is 1310. The first kappa shape index (κ1) is 22.4. The number of aliphatic hydroxyl groups excluding tert-OH is 1. The molecule has 1 saturated heterocycles. The summed E-state index contributed by atoms with van der Waals surface area (Å²) in [6.45, 7) is 3.87. The normalized spacial score (nSPS) is 25.0. The number of hydrogen-bond donors (Lipinski definition) is 3. The number of anilines is 3. The lowest BCUT2D eigenvalue weighted by atomic mass is 10.1. The molecular formula is C26H27N5O3S. The third kappa shape index (κ3) is 4.36. The second-order valence-electron chi connectivity index (χ2n) is 9.43. The molecule has 8 nitrogen and oxygen atoms in total. The fourth-order valence-corrected chi connectivity index (χ4v) is 5.91. The predicted molar refractivity (Wildman–Crippen MR) is 137 cm³/mol. The van der Waals surface area contributed by atoms with Gasteiger partial charge in [-0.15, -0.1) is 11.3 Å². The van der Waals surface area contributed by atoms with Gasteiger partial charge in [-0.25, -0.2) is 9.97 Å². The van der Waals surface area contributed by atoms with E-state index in [2.05, 4.69) is 21.7 Å². The molecule has 1 aliphatic heterocycles. The van der Waals surface area contributed by atoms with Gasteiger partial charge in [0.05, 0.1) is 27.9 Å². The molecule has 2 aromatic heterocycles. The Morgan fingerprint density at radius 3 is 2.60 bits per heavy atom. The highest BCUT2D eigenvalue weighted by atomic mass is 32.1. The van der Waals surface area contributed by atoms with Crippen LogP contribution in [0.3, 0.4) is 0 Å². The number of fused-ring (bicyclic) bond motifs is 2. The average Bonchev–Trinajstić information content (AvgIpc) is 3.51. The Balaban J connectivity index is 1.37. The zero-order valence-electron chi connectivity index (χ0n) is 19.5. The maximum Gasteiger partial charge on any atom is 0.229 e. The van der Waals surface area contributed by atoms with Crippen LogP contribution in [-0.4, -0.2) is 50.7 Å². The predicted octanol–water partition coefficient (Wildman–Crippen LogP) is 4.81. The van der Waals surface area contributed by atoms with Crippen molar-refractivity contribution in [3.05, 3.63) is 60.8 Å². The van der Waals surface area contributed by atoms with E-state index < -0.39 is 5.79 Å². The molecule has 9 heteroatoms. The molecule has 3 heterocycles. The summed E-state index contributed by atoms with van der Waals surface area (Å²) in [5.41, 5.74) is 2.68. The quantitative estimate of drug-likeness (QED) is 0.355. The standard InChI is InChI=1S/C26H27N5O3S/c1-26(2)33-21-15(14-32)12-19(22(21)34-26)29-23-17(24-30-18-10-6-7-11-20(18)35-24)13-27-25(31-23)28-16-8-4-3-5-9-16/h3-11,13,15,19,21-22,32H,12,14H2,1-2H3,(H2,27,28,29,31). The van der Waals surface area contributed by atoms with Crippen LogP contribution < -0.4 is 10.6 Å². The van der Waals surface area contributed by atoms with Crippen LogP contribution in [0.4, 0.5) is 17.5 Å². The number of nitrogens with one attached hydrogen (secondary N) is 2. The first-order valence-corrected chi connectivity index (χ1v) is 12.6. The zero-order valence-corrected chi connectivity index (χ0v) is 20.3. The molecule has 2 aromatic carbocycles. The van der Waals surface area contributed by atoms with Gasteiger partial charge < -0.3 is 25.2 Å². The average molecular weight is 490 g/mol. The largest absolute Gasteiger partial charge is 0.396 e. The van der Waals surface area contributed by atoms with Crippen molar-refractivity contribution in [3.63, 3.8) is 0 Å². The van der Waals surface area contributed by atoms with Crippen LogP contribution in [0.1, 0.15) is 20.3 Å². The second kappa shape index (κ2) is 8.83. The van der Waals surface area contributed by atoms with Gasteiger partial charge >= 0.3 is 0 Å². The molecule has 0 spiro atoms. The van der Waals surface area contributed by atoms with E-state index in [4.69, 9.17) is 19.4 Å². The van der Waals surface area contributed by atoms with Crippen molar-refractivity contribution >= 4 is 39.0 Å².